The third-order valence-electron chi connectivity index (χ3n) is 3.19. The first-order valence-corrected chi connectivity index (χ1v) is 6.61. The highest BCUT2D eigenvalue weighted by Crippen LogP contribution is 2.07. The van der Waals surface area contributed by atoms with Gasteiger partial charge in [-0.2, -0.15) is 0 Å². The minimum atomic E-state index is -0.933. The summed E-state index contributed by atoms with van der Waals surface area (Å²) >= 11 is 0. The van der Waals surface area contributed by atoms with E-state index in [4.69, 9.17) is 5.11 Å². The second-order valence-electron chi connectivity index (χ2n) is 4.82. The summed E-state index contributed by atoms with van der Waals surface area (Å²) in [5.41, 5.74) is 1.24. The first-order chi connectivity index (χ1) is 9.02. The minimum absolute atomic E-state index is 0.0441. The number of carbonyl (C=O) groups excluding carboxylic acids is 1. The Morgan fingerprint density at radius 3 is 2.42 bits per heavy atom. The van der Waals surface area contributed by atoms with Crippen molar-refractivity contribution in [2.45, 2.75) is 33.1 Å². The molecule has 0 fully saturated rings. The number of aromatic carboxylic acids is 1. The number of carbonyl (C=O) groups is 2. The topological polar surface area (TPSA) is 66.4 Å². The molecule has 0 aromatic heterocycles. The Bertz CT molecular complexity index is 426. The molecule has 0 heterocycles. The van der Waals surface area contributed by atoms with Crippen LogP contribution in [0.5, 0.6) is 0 Å². The van der Waals surface area contributed by atoms with Crippen LogP contribution >= 0.6 is 0 Å². The minimum Gasteiger partial charge on any atom is -0.478 e. The van der Waals surface area contributed by atoms with Gasteiger partial charge in [0, 0.05) is 13.0 Å². The second-order valence-corrected chi connectivity index (χ2v) is 4.82. The Hall–Kier alpha value is -1.84. The van der Waals surface area contributed by atoms with Gasteiger partial charge in [-0.3, -0.25) is 4.79 Å². The van der Waals surface area contributed by atoms with Gasteiger partial charge in [0.2, 0.25) is 5.91 Å². The molecule has 0 aliphatic carbocycles. The van der Waals surface area contributed by atoms with E-state index in [9.17, 15) is 9.59 Å². The van der Waals surface area contributed by atoms with Crippen LogP contribution in [0.2, 0.25) is 0 Å². The maximum absolute atomic E-state index is 11.6. The van der Waals surface area contributed by atoms with Crippen LogP contribution in [-0.2, 0) is 11.2 Å². The summed E-state index contributed by atoms with van der Waals surface area (Å²) in [6.07, 6.45) is 2.12. The maximum Gasteiger partial charge on any atom is 0.335 e. The molecule has 1 atom stereocenters. The van der Waals surface area contributed by atoms with Crippen LogP contribution in [-0.4, -0.2) is 23.5 Å². The Labute approximate surface area is 113 Å². The first-order valence-electron chi connectivity index (χ1n) is 6.61. The molecule has 4 nitrogen and oxygen atoms in total. The molecule has 19 heavy (non-hydrogen) atoms. The average molecular weight is 263 g/mol. The molecular formula is C15H21NO3. The third-order valence-corrected chi connectivity index (χ3v) is 3.19. The molecule has 1 aromatic carbocycles. The highest BCUT2D eigenvalue weighted by atomic mass is 16.4. The van der Waals surface area contributed by atoms with Gasteiger partial charge < -0.3 is 10.4 Å². The monoisotopic (exact) mass is 263 g/mol. The van der Waals surface area contributed by atoms with Crippen LogP contribution in [0.4, 0.5) is 0 Å². The summed E-state index contributed by atoms with van der Waals surface area (Å²) in [4.78, 5) is 22.3. The largest absolute Gasteiger partial charge is 0.478 e. The molecule has 0 saturated carbocycles. The van der Waals surface area contributed by atoms with Gasteiger partial charge in [-0.15, -0.1) is 0 Å². The molecule has 0 spiro atoms. The van der Waals surface area contributed by atoms with Crippen molar-refractivity contribution in [2.75, 3.05) is 6.54 Å². The van der Waals surface area contributed by atoms with Gasteiger partial charge in [0.15, 0.2) is 0 Å². The molecule has 0 bridgehead atoms. The molecule has 1 aromatic rings. The smallest absolute Gasteiger partial charge is 0.335 e. The number of carboxylic acids is 1. The van der Waals surface area contributed by atoms with Gasteiger partial charge in [-0.05, 0) is 30.0 Å². The van der Waals surface area contributed by atoms with Gasteiger partial charge in [0.25, 0.3) is 0 Å². The van der Waals surface area contributed by atoms with E-state index in [1.165, 1.54) is 0 Å². The fourth-order valence-corrected chi connectivity index (χ4v) is 1.59. The van der Waals surface area contributed by atoms with Crippen LogP contribution in [0.15, 0.2) is 24.3 Å². The predicted octanol–water partition coefficient (Wildman–Crippen LogP) is 2.48. The van der Waals surface area contributed by atoms with Crippen molar-refractivity contribution in [3.8, 4) is 0 Å². The fraction of sp³-hybridized carbons (Fsp3) is 0.467. The molecule has 1 amide bonds. The molecule has 1 rings (SSSR count). The predicted molar refractivity (Wildman–Crippen MR) is 74.2 cm³/mol. The second kappa shape index (κ2) is 7.56. The molecule has 4 heteroatoms. The lowest BCUT2D eigenvalue weighted by Crippen LogP contribution is -2.28. The van der Waals surface area contributed by atoms with Crippen LogP contribution < -0.4 is 5.32 Å². The lowest BCUT2D eigenvalue weighted by molar-refractivity contribution is -0.121. The van der Waals surface area contributed by atoms with Crippen molar-refractivity contribution in [3.05, 3.63) is 35.4 Å². The van der Waals surface area contributed by atoms with Gasteiger partial charge >= 0.3 is 5.97 Å². The molecule has 0 aliphatic rings. The van der Waals surface area contributed by atoms with E-state index in [1.54, 1.807) is 24.3 Å². The van der Waals surface area contributed by atoms with E-state index in [1.807, 2.05) is 0 Å². The number of nitrogens with one attached hydrogen (secondary N) is 1. The van der Waals surface area contributed by atoms with Gasteiger partial charge in [0.05, 0.1) is 5.56 Å². The van der Waals surface area contributed by atoms with E-state index >= 15 is 0 Å². The molecule has 0 saturated heterocycles. The van der Waals surface area contributed by atoms with Crippen molar-refractivity contribution in [3.63, 3.8) is 0 Å². The molecule has 2 N–H and O–H groups in total. The van der Waals surface area contributed by atoms with E-state index in [0.717, 1.165) is 12.0 Å². The van der Waals surface area contributed by atoms with E-state index in [-0.39, 0.29) is 11.5 Å². The highest BCUT2D eigenvalue weighted by molar-refractivity contribution is 5.87. The van der Waals surface area contributed by atoms with E-state index in [0.29, 0.717) is 25.3 Å². The zero-order chi connectivity index (χ0) is 14.3. The van der Waals surface area contributed by atoms with E-state index in [2.05, 4.69) is 19.2 Å². The zero-order valence-corrected chi connectivity index (χ0v) is 11.5. The van der Waals surface area contributed by atoms with Crippen molar-refractivity contribution >= 4 is 11.9 Å². The summed E-state index contributed by atoms with van der Waals surface area (Å²) in [6.45, 7) is 4.92. The average Bonchev–Trinajstić information content (AvgIpc) is 2.42. The molecule has 1 unspecified atom stereocenters. The molecule has 0 aliphatic heterocycles. The van der Waals surface area contributed by atoms with Crippen molar-refractivity contribution in [1.82, 2.24) is 5.32 Å². The molecular weight excluding hydrogens is 242 g/mol. The number of hydrogen-bond acceptors (Lipinski definition) is 2. The summed E-state index contributed by atoms with van der Waals surface area (Å²) in [6, 6.07) is 6.64. The number of aryl methyl sites for hydroxylation is 1. The maximum atomic E-state index is 11.6. The molecule has 104 valence electrons. The van der Waals surface area contributed by atoms with Gasteiger partial charge in [0.1, 0.15) is 0 Å². The lowest BCUT2D eigenvalue weighted by atomic mass is 10.1. The van der Waals surface area contributed by atoms with Crippen molar-refractivity contribution < 1.29 is 14.7 Å². The number of carboxylic acid groups (broad SMARTS) is 1. The summed E-state index contributed by atoms with van der Waals surface area (Å²) < 4.78 is 0. The van der Waals surface area contributed by atoms with Crippen LogP contribution in [0.1, 0.15) is 42.6 Å². The van der Waals surface area contributed by atoms with Gasteiger partial charge in [-0.1, -0.05) is 32.4 Å². The Morgan fingerprint density at radius 2 is 1.89 bits per heavy atom. The van der Waals surface area contributed by atoms with Gasteiger partial charge in [-0.25, -0.2) is 4.79 Å². The lowest BCUT2D eigenvalue weighted by Gasteiger charge is -2.10. The summed E-state index contributed by atoms with van der Waals surface area (Å²) in [5.74, 6) is -0.390. The third kappa shape index (κ3) is 5.55. The number of hydrogen-bond donors (Lipinski definition) is 2. The summed E-state index contributed by atoms with van der Waals surface area (Å²) in [5, 5.41) is 11.7. The number of amides is 1. The Balaban J connectivity index is 2.35. The molecule has 0 radical (unpaired) electrons. The van der Waals surface area contributed by atoms with Crippen LogP contribution in [0, 0.1) is 5.92 Å². The van der Waals surface area contributed by atoms with Crippen molar-refractivity contribution in [1.29, 1.82) is 0 Å². The number of rotatable bonds is 7. The van der Waals surface area contributed by atoms with Crippen molar-refractivity contribution in [2.24, 2.45) is 5.92 Å². The highest BCUT2D eigenvalue weighted by Gasteiger charge is 2.06. The Kier molecular flexibility index (Phi) is 6.06. The Morgan fingerprint density at radius 1 is 1.26 bits per heavy atom. The van der Waals surface area contributed by atoms with E-state index < -0.39 is 5.97 Å². The van der Waals surface area contributed by atoms with Crippen LogP contribution in [0.3, 0.4) is 0 Å². The number of benzene rings is 1. The van der Waals surface area contributed by atoms with Crippen LogP contribution in [0.25, 0.3) is 0 Å². The quantitative estimate of drug-likeness (QED) is 0.794. The first kappa shape index (κ1) is 15.2. The SMILES string of the molecule is CCC(C)CNC(=O)CCc1ccc(C(=O)O)cc1. The zero-order valence-electron chi connectivity index (χ0n) is 11.5. The standard InChI is InChI=1S/C15H21NO3/c1-3-11(2)10-16-14(17)9-6-12-4-7-13(8-5-12)15(18)19/h4-5,7-8,11H,3,6,9-10H2,1-2H3,(H,16,17)(H,18,19). The normalized spacial score (nSPS) is 11.9. The summed E-state index contributed by atoms with van der Waals surface area (Å²) in [7, 11) is 0. The fourth-order valence-electron chi connectivity index (χ4n) is 1.59.